The zero-order valence-electron chi connectivity index (χ0n) is 5.61. The first-order valence-electron chi connectivity index (χ1n) is 2.82. The van der Waals surface area contributed by atoms with Gasteiger partial charge in [-0.15, -0.1) is 5.73 Å². The molecule has 0 fully saturated rings. The maximum absolute atomic E-state index is 4.94. The Morgan fingerprint density at radius 2 is 2.44 bits per heavy atom. The molecule has 0 radical (unpaired) electrons. The van der Waals surface area contributed by atoms with Gasteiger partial charge in [-0.2, -0.15) is 0 Å². The second-order valence-corrected chi connectivity index (χ2v) is 1.31. The molecule has 0 rings (SSSR count). The Kier molecular flexibility index (Phi) is 6.29. The topological polar surface area (TPSA) is 9.23 Å². The van der Waals surface area contributed by atoms with Gasteiger partial charge in [0, 0.05) is 12.7 Å². The van der Waals surface area contributed by atoms with Crippen molar-refractivity contribution in [3.8, 4) is 11.8 Å². The molecular formula is C8H10O. The second kappa shape index (κ2) is 7.04. The van der Waals surface area contributed by atoms with Gasteiger partial charge in [0.2, 0.25) is 0 Å². The van der Waals surface area contributed by atoms with Gasteiger partial charge in [-0.1, -0.05) is 18.4 Å². The molecule has 0 heterocycles. The van der Waals surface area contributed by atoms with Gasteiger partial charge in [0.15, 0.2) is 0 Å². The molecule has 0 aromatic heterocycles. The zero-order valence-corrected chi connectivity index (χ0v) is 5.61. The molecule has 0 saturated heterocycles. The van der Waals surface area contributed by atoms with Crippen LogP contribution in [-0.2, 0) is 4.74 Å². The van der Waals surface area contributed by atoms with Crippen molar-refractivity contribution in [3.05, 3.63) is 18.4 Å². The molecule has 0 aliphatic carbocycles. The van der Waals surface area contributed by atoms with Gasteiger partial charge in [-0.25, -0.2) is 0 Å². The standard InChI is InChI=1S/C8H10O/c1-3-5-6-7-8-9-4-2/h5H,1,4,8H2,2H3. The Hall–Kier alpha value is -0.960. The van der Waals surface area contributed by atoms with Gasteiger partial charge in [0.25, 0.3) is 0 Å². The van der Waals surface area contributed by atoms with Crippen molar-refractivity contribution in [1.82, 2.24) is 0 Å². The zero-order chi connectivity index (χ0) is 6.95. The summed E-state index contributed by atoms with van der Waals surface area (Å²) >= 11 is 0. The van der Waals surface area contributed by atoms with Crippen molar-refractivity contribution in [3.63, 3.8) is 0 Å². The quantitative estimate of drug-likeness (QED) is 0.305. The SMILES string of the molecule is C=C=CC#CCOCC. The van der Waals surface area contributed by atoms with E-state index in [1.807, 2.05) is 6.92 Å². The summed E-state index contributed by atoms with van der Waals surface area (Å²) in [4.78, 5) is 0. The van der Waals surface area contributed by atoms with E-state index in [1.54, 1.807) is 6.08 Å². The van der Waals surface area contributed by atoms with Crippen LogP contribution in [0.5, 0.6) is 0 Å². The lowest BCUT2D eigenvalue weighted by molar-refractivity contribution is 0.182. The fourth-order valence-corrected chi connectivity index (χ4v) is 0.297. The number of hydrogen-bond donors (Lipinski definition) is 0. The van der Waals surface area contributed by atoms with Gasteiger partial charge >= 0.3 is 0 Å². The number of ether oxygens (including phenoxy) is 1. The van der Waals surface area contributed by atoms with Gasteiger partial charge in [0.1, 0.15) is 6.61 Å². The Morgan fingerprint density at radius 3 is 3.00 bits per heavy atom. The molecule has 0 atom stereocenters. The highest BCUT2D eigenvalue weighted by atomic mass is 16.5. The molecule has 0 aliphatic rings. The third-order valence-corrected chi connectivity index (χ3v) is 0.655. The summed E-state index contributed by atoms with van der Waals surface area (Å²) in [6.07, 6.45) is 1.57. The Morgan fingerprint density at radius 1 is 1.67 bits per heavy atom. The van der Waals surface area contributed by atoms with Crippen molar-refractivity contribution in [1.29, 1.82) is 0 Å². The molecule has 0 aliphatic heterocycles. The van der Waals surface area contributed by atoms with Gasteiger partial charge in [-0.05, 0) is 6.92 Å². The Bertz CT molecular complexity index is 153. The molecule has 1 nitrogen and oxygen atoms in total. The van der Waals surface area contributed by atoms with E-state index in [0.29, 0.717) is 13.2 Å². The van der Waals surface area contributed by atoms with Crippen molar-refractivity contribution in [2.24, 2.45) is 0 Å². The summed E-state index contributed by atoms with van der Waals surface area (Å²) in [6.45, 7) is 6.50. The molecule has 48 valence electrons. The highest BCUT2D eigenvalue weighted by molar-refractivity contribution is 5.13. The lowest BCUT2D eigenvalue weighted by Crippen LogP contribution is -1.87. The smallest absolute Gasteiger partial charge is 0.108 e. The van der Waals surface area contributed by atoms with Crippen LogP contribution in [0.1, 0.15) is 6.92 Å². The van der Waals surface area contributed by atoms with E-state index in [9.17, 15) is 0 Å². The molecule has 0 N–H and O–H groups in total. The molecule has 0 spiro atoms. The second-order valence-electron chi connectivity index (χ2n) is 1.31. The van der Waals surface area contributed by atoms with Crippen LogP contribution in [0.3, 0.4) is 0 Å². The first-order chi connectivity index (χ1) is 4.41. The monoisotopic (exact) mass is 122 g/mol. The van der Waals surface area contributed by atoms with Crippen LogP contribution in [0.2, 0.25) is 0 Å². The summed E-state index contributed by atoms with van der Waals surface area (Å²) in [5, 5.41) is 0. The van der Waals surface area contributed by atoms with E-state index in [2.05, 4.69) is 24.2 Å². The minimum absolute atomic E-state index is 0.495. The first-order valence-corrected chi connectivity index (χ1v) is 2.82. The average Bonchev–Trinajstić information content (AvgIpc) is 1.89. The highest BCUT2D eigenvalue weighted by Crippen LogP contribution is 1.68. The maximum Gasteiger partial charge on any atom is 0.108 e. The molecule has 0 aromatic carbocycles. The Labute approximate surface area is 56.0 Å². The van der Waals surface area contributed by atoms with E-state index in [1.165, 1.54) is 0 Å². The maximum atomic E-state index is 4.94. The molecule has 0 bridgehead atoms. The van der Waals surface area contributed by atoms with Gasteiger partial charge in [-0.3, -0.25) is 0 Å². The van der Waals surface area contributed by atoms with Crippen molar-refractivity contribution in [2.75, 3.05) is 13.2 Å². The van der Waals surface area contributed by atoms with Crippen LogP contribution in [0, 0.1) is 11.8 Å². The van der Waals surface area contributed by atoms with Gasteiger partial charge < -0.3 is 4.74 Å². The predicted molar refractivity (Wildman–Crippen MR) is 38.0 cm³/mol. The largest absolute Gasteiger partial charge is 0.369 e. The molecule has 9 heavy (non-hydrogen) atoms. The van der Waals surface area contributed by atoms with E-state index in [-0.39, 0.29) is 0 Å². The third-order valence-electron chi connectivity index (χ3n) is 0.655. The average molecular weight is 122 g/mol. The van der Waals surface area contributed by atoms with E-state index < -0.39 is 0 Å². The fraction of sp³-hybridized carbons (Fsp3) is 0.375. The van der Waals surface area contributed by atoms with Gasteiger partial charge in [0.05, 0.1) is 0 Å². The predicted octanol–water partition coefficient (Wildman–Crippen LogP) is 1.37. The van der Waals surface area contributed by atoms with Crippen molar-refractivity contribution in [2.45, 2.75) is 6.92 Å². The summed E-state index contributed by atoms with van der Waals surface area (Å²) in [7, 11) is 0. The minimum Gasteiger partial charge on any atom is -0.369 e. The van der Waals surface area contributed by atoms with Crippen LogP contribution in [0.25, 0.3) is 0 Å². The minimum atomic E-state index is 0.495. The fourth-order valence-electron chi connectivity index (χ4n) is 0.297. The molecular weight excluding hydrogens is 112 g/mol. The number of hydrogen-bond acceptors (Lipinski definition) is 1. The molecule has 0 saturated carbocycles. The van der Waals surface area contributed by atoms with Crippen LogP contribution < -0.4 is 0 Å². The van der Waals surface area contributed by atoms with Crippen LogP contribution in [0.4, 0.5) is 0 Å². The van der Waals surface area contributed by atoms with E-state index in [4.69, 9.17) is 4.74 Å². The molecule has 0 unspecified atom stereocenters. The van der Waals surface area contributed by atoms with Crippen LogP contribution >= 0.6 is 0 Å². The van der Waals surface area contributed by atoms with Crippen LogP contribution in [0.15, 0.2) is 18.4 Å². The highest BCUT2D eigenvalue weighted by Gasteiger charge is 1.70. The summed E-state index contributed by atoms with van der Waals surface area (Å²) < 4.78 is 4.94. The molecule has 0 aromatic rings. The lowest BCUT2D eigenvalue weighted by atomic mass is 10.5. The van der Waals surface area contributed by atoms with Crippen molar-refractivity contribution < 1.29 is 4.74 Å². The molecule has 1 heteroatoms. The summed E-state index contributed by atoms with van der Waals surface area (Å²) in [6, 6.07) is 0. The first kappa shape index (κ1) is 8.04. The van der Waals surface area contributed by atoms with Crippen molar-refractivity contribution >= 4 is 0 Å². The lowest BCUT2D eigenvalue weighted by Gasteiger charge is -1.87. The third kappa shape index (κ3) is 7.04. The normalized spacial score (nSPS) is 6.78. The Balaban J connectivity index is 3.26. The molecule has 0 amide bonds. The van der Waals surface area contributed by atoms with E-state index in [0.717, 1.165) is 0 Å². The number of rotatable bonds is 2. The van der Waals surface area contributed by atoms with E-state index >= 15 is 0 Å². The summed E-state index contributed by atoms with van der Waals surface area (Å²) in [5.74, 6) is 5.45. The van der Waals surface area contributed by atoms with Crippen LogP contribution in [-0.4, -0.2) is 13.2 Å². The summed E-state index contributed by atoms with van der Waals surface area (Å²) in [5.41, 5.74) is 2.54. The number of allylic oxidation sites excluding steroid dienone is 1.